The third kappa shape index (κ3) is 3.33. The molecular weight excluding hydrogens is 383 g/mol. The number of hydrogen-bond acceptors (Lipinski definition) is 3. The Hall–Kier alpha value is -2.93. The molecule has 1 aliphatic heterocycles. The largest absolute Gasteiger partial charge is 0.366 e. The SMILES string of the molecule is CN(C)[C@]1(c2ccccc2)CC[C@]2(CC1)CN(c1ccc(C(N)=O)cc1F)C(=O)N2. The first-order valence-corrected chi connectivity index (χ1v) is 10.2. The van der Waals surface area contributed by atoms with Crippen LogP contribution in [0.15, 0.2) is 48.5 Å². The molecule has 2 aromatic carbocycles. The number of nitrogens with one attached hydrogen (secondary N) is 1. The fourth-order valence-corrected chi connectivity index (χ4v) is 4.95. The summed E-state index contributed by atoms with van der Waals surface area (Å²) in [5, 5.41) is 3.12. The molecule has 2 aromatic rings. The minimum Gasteiger partial charge on any atom is -0.366 e. The van der Waals surface area contributed by atoms with Crippen molar-refractivity contribution in [3.05, 3.63) is 65.5 Å². The minimum absolute atomic E-state index is 0.0843. The Morgan fingerprint density at radius 2 is 1.77 bits per heavy atom. The van der Waals surface area contributed by atoms with Crippen LogP contribution in [0.25, 0.3) is 0 Å². The van der Waals surface area contributed by atoms with Crippen molar-refractivity contribution in [3.63, 3.8) is 0 Å². The molecule has 6 nitrogen and oxygen atoms in total. The van der Waals surface area contributed by atoms with E-state index in [9.17, 15) is 14.0 Å². The average Bonchev–Trinajstić information content (AvgIpc) is 3.04. The maximum atomic E-state index is 14.6. The molecule has 1 heterocycles. The summed E-state index contributed by atoms with van der Waals surface area (Å²) in [6, 6.07) is 14.1. The molecule has 1 aliphatic carbocycles. The quantitative estimate of drug-likeness (QED) is 0.812. The van der Waals surface area contributed by atoms with Gasteiger partial charge in [-0.05, 0) is 63.5 Å². The molecule has 30 heavy (non-hydrogen) atoms. The minimum atomic E-state index is -0.698. The smallest absolute Gasteiger partial charge is 0.322 e. The van der Waals surface area contributed by atoms with Crippen molar-refractivity contribution < 1.29 is 14.0 Å². The Kier molecular flexibility index (Phi) is 5.02. The first kappa shape index (κ1) is 20.3. The zero-order valence-corrected chi connectivity index (χ0v) is 17.3. The lowest BCUT2D eigenvalue weighted by Crippen LogP contribution is -2.54. The van der Waals surface area contributed by atoms with E-state index in [-0.39, 0.29) is 28.4 Å². The molecular formula is C23H27FN4O2. The predicted octanol–water partition coefficient (Wildman–Crippen LogP) is 3.22. The van der Waals surface area contributed by atoms with E-state index in [2.05, 4.69) is 48.6 Å². The molecule has 2 fully saturated rings. The predicted molar refractivity (Wildman–Crippen MR) is 114 cm³/mol. The summed E-state index contributed by atoms with van der Waals surface area (Å²) in [6.07, 6.45) is 3.37. The van der Waals surface area contributed by atoms with E-state index < -0.39 is 11.7 Å². The number of amides is 3. The third-order valence-electron chi connectivity index (χ3n) is 6.80. The second-order valence-electron chi connectivity index (χ2n) is 8.62. The molecule has 2 aliphatic rings. The first-order valence-electron chi connectivity index (χ1n) is 10.2. The number of carbonyl (C=O) groups excluding carboxylic acids is 2. The van der Waals surface area contributed by atoms with Gasteiger partial charge in [0.1, 0.15) is 5.82 Å². The van der Waals surface area contributed by atoms with Crippen molar-refractivity contribution in [2.45, 2.75) is 36.8 Å². The van der Waals surface area contributed by atoms with E-state index in [0.29, 0.717) is 6.54 Å². The number of hydrogen-bond donors (Lipinski definition) is 2. The van der Waals surface area contributed by atoms with E-state index in [1.807, 2.05) is 6.07 Å². The third-order valence-corrected chi connectivity index (χ3v) is 6.80. The van der Waals surface area contributed by atoms with Crippen molar-refractivity contribution >= 4 is 17.6 Å². The van der Waals surface area contributed by atoms with E-state index in [0.717, 1.165) is 31.7 Å². The van der Waals surface area contributed by atoms with Gasteiger partial charge in [-0.15, -0.1) is 0 Å². The van der Waals surface area contributed by atoms with Crippen molar-refractivity contribution in [2.24, 2.45) is 5.73 Å². The van der Waals surface area contributed by atoms with Crippen LogP contribution in [0.3, 0.4) is 0 Å². The van der Waals surface area contributed by atoms with Gasteiger partial charge in [0.05, 0.1) is 17.8 Å². The molecule has 7 heteroatoms. The second-order valence-corrected chi connectivity index (χ2v) is 8.62. The molecule has 0 bridgehead atoms. The highest BCUT2D eigenvalue weighted by Crippen LogP contribution is 2.46. The van der Waals surface area contributed by atoms with Crippen LogP contribution in [0.5, 0.6) is 0 Å². The zero-order valence-electron chi connectivity index (χ0n) is 17.3. The number of benzene rings is 2. The van der Waals surface area contributed by atoms with E-state index >= 15 is 0 Å². The number of rotatable bonds is 4. The second kappa shape index (κ2) is 7.40. The first-order chi connectivity index (χ1) is 14.3. The maximum absolute atomic E-state index is 14.6. The molecule has 1 saturated carbocycles. The van der Waals surface area contributed by atoms with Crippen LogP contribution in [-0.4, -0.2) is 43.0 Å². The van der Waals surface area contributed by atoms with Gasteiger partial charge in [-0.3, -0.25) is 14.6 Å². The Bertz CT molecular complexity index is 968. The van der Waals surface area contributed by atoms with Crippen molar-refractivity contribution in [2.75, 3.05) is 25.5 Å². The van der Waals surface area contributed by atoms with Gasteiger partial charge in [0.15, 0.2) is 0 Å². The van der Waals surface area contributed by atoms with Crippen LogP contribution in [0, 0.1) is 5.82 Å². The summed E-state index contributed by atoms with van der Waals surface area (Å²) >= 11 is 0. The highest BCUT2D eigenvalue weighted by Gasteiger charge is 2.50. The summed E-state index contributed by atoms with van der Waals surface area (Å²) in [5.41, 5.74) is 6.28. The summed E-state index contributed by atoms with van der Waals surface area (Å²) in [7, 11) is 4.19. The van der Waals surface area contributed by atoms with Crippen molar-refractivity contribution in [3.8, 4) is 0 Å². The van der Waals surface area contributed by atoms with Gasteiger partial charge in [-0.2, -0.15) is 0 Å². The van der Waals surface area contributed by atoms with Crippen LogP contribution in [0.1, 0.15) is 41.6 Å². The summed E-state index contributed by atoms with van der Waals surface area (Å²) in [5.74, 6) is -1.32. The number of nitrogens with two attached hydrogens (primary N) is 1. The fraction of sp³-hybridized carbons (Fsp3) is 0.391. The summed E-state index contributed by atoms with van der Waals surface area (Å²) in [6.45, 7) is 0.400. The van der Waals surface area contributed by atoms with Crippen LogP contribution in [0.2, 0.25) is 0 Å². The molecule has 1 spiro atoms. The number of carbonyl (C=O) groups is 2. The standard InChI is InChI=1S/C23H27FN4O2/c1-27(2)23(17-6-4-3-5-7-17)12-10-22(11-13-23)15-28(21(30)26-22)19-9-8-16(20(25)29)14-18(19)24/h3-9,14H,10-13,15H2,1-2H3,(H2,25,29)(H,26,30)/t22-,23+. The van der Waals surface area contributed by atoms with Gasteiger partial charge in [-0.1, -0.05) is 30.3 Å². The van der Waals surface area contributed by atoms with Crippen molar-refractivity contribution in [1.29, 1.82) is 0 Å². The monoisotopic (exact) mass is 410 g/mol. The number of anilines is 1. The fourth-order valence-electron chi connectivity index (χ4n) is 4.95. The van der Waals surface area contributed by atoms with Gasteiger partial charge >= 0.3 is 6.03 Å². The highest BCUT2D eigenvalue weighted by molar-refractivity contribution is 5.97. The number of halogens is 1. The zero-order chi connectivity index (χ0) is 21.5. The van der Waals surface area contributed by atoms with E-state index in [1.54, 1.807) is 0 Å². The molecule has 3 N–H and O–H groups in total. The molecule has 1 saturated heterocycles. The topological polar surface area (TPSA) is 78.7 Å². The Morgan fingerprint density at radius 1 is 1.10 bits per heavy atom. The lowest BCUT2D eigenvalue weighted by molar-refractivity contribution is 0.0657. The molecule has 0 aromatic heterocycles. The lowest BCUT2D eigenvalue weighted by atomic mass is 9.69. The van der Waals surface area contributed by atoms with Crippen LogP contribution < -0.4 is 16.0 Å². The Labute approximate surface area is 175 Å². The molecule has 0 unspecified atom stereocenters. The molecule has 4 rings (SSSR count). The summed E-state index contributed by atoms with van der Waals surface area (Å²) < 4.78 is 14.6. The van der Waals surface area contributed by atoms with Crippen molar-refractivity contribution in [1.82, 2.24) is 10.2 Å². The molecule has 0 atom stereocenters. The van der Waals surface area contributed by atoms with Crippen LogP contribution in [0.4, 0.5) is 14.9 Å². The Morgan fingerprint density at radius 3 is 2.33 bits per heavy atom. The lowest BCUT2D eigenvalue weighted by Gasteiger charge is -2.48. The van der Waals surface area contributed by atoms with Gasteiger partial charge < -0.3 is 11.1 Å². The number of urea groups is 1. The van der Waals surface area contributed by atoms with E-state index in [1.165, 1.54) is 22.6 Å². The van der Waals surface area contributed by atoms with Crippen LogP contribution in [-0.2, 0) is 5.54 Å². The van der Waals surface area contributed by atoms with Gasteiger partial charge in [-0.25, -0.2) is 9.18 Å². The van der Waals surface area contributed by atoms with E-state index in [4.69, 9.17) is 5.73 Å². The molecule has 0 radical (unpaired) electrons. The molecule has 158 valence electrons. The maximum Gasteiger partial charge on any atom is 0.322 e. The Balaban J connectivity index is 1.56. The normalized spacial score (nSPS) is 26.3. The van der Waals surface area contributed by atoms with Gasteiger partial charge in [0, 0.05) is 11.1 Å². The molecule has 3 amide bonds. The highest BCUT2D eigenvalue weighted by atomic mass is 19.1. The number of primary amides is 1. The van der Waals surface area contributed by atoms with Gasteiger partial charge in [0.25, 0.3) is 0 Å². The van der Waals surface area contributed by atoms with Gasteiger partial charge in [0.2, 0.25) is 5.91 Å². The number of nitrogens with zero attached hydrogens (tertiary/aromatic N) is 2. The average molecular weight is 410 g/mol. The summed E-state index contributed by atoms with van der Waals surface area (Å²) in [4.78, 5) is 27.7. The van der Waals surface area contributed by atoms with Crippen LogP contribution >= 0.6 is 0 Å².